The molecule has 0 fully saturated rings. The van der Waals surface area contributed by atoms with Gasteiger partial charge in [-0.3, -0.25) is 0 Å². The Morgan fingerprint density at radius 2 is 0.745 bits per heavy atom. The predicted molar refractivity (Wildman–Crippen MR) is 221 cm³/mol. The lowest BCUT2D eigenvalue weighted by Gasteiger charge is -2.15. The summed E-state index contributed by atoms with van der Waals surface area (Å²) >= 11 is 0. The van der Waals surface area contributed by atoms with Crippen molar-refractivity contribution in [2.24, 2.45) is 0 Å². The van der Waals surface area contributed by atoms with Crippen molar-refractivity contribution in [3.8, 4) is 79.2 Å². The molecule has 0 aliphatic carbocycles. The lowest BCUT2D eigenvalue weighted by Crippen LogP contribution is -2.02. The normalized spacial score (nSPS) is 11.3. The molecular weight excluding hydrogens is 675 g/mol. The van der Waals surface area contributed by atoms with E-state index in [0.717, 1.165) is 77.8 Å². The molecule has 0 bridgehead atoms. The molecule has 10 aromatic rings. The van der Waals surface area contributed by atoms with Crippen molar-refractivity contribution < 1.29 is 4.42 Å². The Labute approximate surface area is 317 Å². The Hall–Kier alpha value is -7.57. The molecule has 0 atom stereocenters. The monoisotopic (exact) mass is 705 g/mol. The largest absolute Gasteiger partial charge is 0.456 e. The first-order chi connectivity index (χ1) is 27.2. The molecule has 0 spiro atoms. The Morgan fingerprint density at radius 1 is 0.273 bits per heavy atom. The number of nitrogens with zero attached hydrogens (tertiary/aromatic N) is 5. The number of furan rings is 1. The van der Waals surface area contributed by atoms with Gasteiger partial charge in [-0.15, -0.1) is 0 Å². The summed E-state index contributed by atoms with van der Waals surface area (Å²) in [5, 5.41) is 2.15. The third-order valence-corrected chi connectivity index (χ3v) is 9.77. The molecule has 3 aromatic heterocycles. The number of benzene rings is 7. The van der Waals surface area contributed by atoms with Crippen molar-refractivity contribution in [2.45, 2.75) is 0 Å². The van der Waals surface area contributed by atoms with Crippen LogP contribution in [-0.4, -0.2) is 24.9 Å². The molecule has 0 unspecified atom stereocenters. The molecule has 10 rings (SSSR count). The second-order valence-corrected chi connectivity index (χ2v) is 13.3. The minimum Gasteiger partial charge on any atom is -0.456 e. The number of hydrogen-bond donors (Lipinski definition) is 0. The third-order valence-electron chi connectivity index (χ3n) is 9.77. The first-order valence-corrected chi connectivity index (χ1v) is 18.2. The molecule has 0 saturated heterocycles. The average molecular weight is 706 g/mol. The molecular formula is C49H31N5O. The summed E-state index contributed by atoms with van der Waals surface area (Å²) in [7, 11) is 0. The number of rotatable bonds is 7. The van der Waals surface area contributed by atoms with E-state index < -0.39 is 0 Å². The van der Waals surface area contributed by atoms with Crippen LogP contribution in [0.4, 0.5) is 0 Å². The second kappa shape index (κ2) is 13.8. The van der Waals surface area contributed by atoms with Crippen LogP contribution in [0.5, 0.6) is 0 Å². The molecule has 0 saturated carbocycles. The van der Waals surface area contributed by atoms with E-state index in [4.69, 9.17) is 29.3 Å². The Bertz CT molecular complexity index is 2850. The Morgan fingerprint density at radius 3 is 1.35 bits per heavy atom. The molecule has 3 heterocycles. The van der Waals surface area contributed by atoms with Crippen molar-refractivity contribution >= 4 is 21.9 Å². The van der Waals surface area contributed by atoms with Crippen LogP contribution >= 0.6 is 0 Å². The van der Waals surface area contributed by atoms with Crippen LogP contribution in [0.2, 0.25) is 0 Å². The first kappa shape index (κ1) is 32.1. The SMILES string of the molecule is c1ccc(-c2cc(-c3ccccc3)nc(-c3ccc(-c4ccc5c(c4)oc4ccccc45)c(-c4nc(-c5ccccc5)nc(-c5ccccc5)n4)c3)n2)cc1. The highest BCUT2D eigenvalue weighted by atomic mass is 16.3. The van der Waals surface area contributed by atoms with Gasteiger partial charge in [-0.25, -0.2) is 24.9 Å². The maximum Gasteiger partial charge on any atom is 0.164 e. The molecule has 6 nitrogen and oxygen atoms in total. The molecule has 0 amide bonds. The van der Waals surface area contributed by atoms with E-state index in [1.165, 1.54) is 0 Å². The predicted octanol–water partition coefficient (Wildman–Crippen LogP) is 12.2. The maximum atomic E-state index is 6.36. The fraction of sp³-hybridized carbons (Fsp3) is 0. The van der Waals surface area contributed by atoms with Gasteiger partial charge in [0.2, 0.25) is 0 Å². The quantitative estimate of drug-likeness (QED) is 0.164. The highest BCUT2D eigenvalue weighted by Crippen LogP contribution is 2.39. The van der Waals surface area contributed by atoms with Crippen molar-refractivity contribution in [3.63, 3.8) is 0 Å². The van der Waals surface area contributed by atoms with Gasteiger partial charge in [0.1, 0.15) is 11.2 Å². The van der Waals surface area contributed by atoms with Crippen molar-refractivity contribution in [1.82, 2.24) is 24.9 Å². The lowest BCUT2D eigenvalue weighted by molar-refractivity contribution is 0.669. The zero-order valence-corrected chi connectivity index (χ0v) is 29.5. The van der Waals surface area contributed by atoms with Gasteiger partial charge >= 0.3 is 0 Å². The Balaban J connectivity index is 1.22. The standard InChI is InChI=1S/C49H31N5O/c1-5-15-32(16-6-1)42-31-43(33-17-7-2-8-18-33)51-48(50-42)37-26-27-38(36-25-28-40-39-23-13-14-24-44(39)55-45(40)30-36)41(29-37)49-53-46(34-19-9-3-10-20-34)52-47(54-49)35-21-11-4-12-22-35/h1-31H. The summed E-state index contributed by atoms with van der Waals surface area (Å²) in [5.74, 6) is 2.31. The maximum absolute atomic E-state index is 6.36. The second-order valence-electron chi connectivity index (χ2n) is 13.3. The summed E-state index contributed by atoms with van der Waals surface area (Å²) < 4.78 is 6.36. The third kappa shape index (κ3) is 6.22. The van der Waals surface area contributed by atoms with Crippen LogP contribution in [0.1, 0.15) is 0 Å². The molecule has 6 heteroatoms. The van der Waals surface area contributed by atoms with E-state index in [0.29, 0.717) is 23.3 Å². The number of para-hydroxylation sites is 1. The van der Waals surface area contributed by atoms with Gasteiger partial charge < -0.3 is 4.42 Å². The van der Waals surface area contributed by atoms with Crippen LogP contribution in [-0.2, 0) is 0 Å². The van der Waals surface area contributed by atoms with Crippen molar-refractivity contribution in [3.05, 3.63) is 188 Å². The zero-order valence-electron chi connectivity index (χ0n) is 29.5. The van der Waals surface area contributed by atoms with E-state index in [-0.39, 0.29) is 0 Å². The lowest BCUT2D eigenvalue weighted by atomic mass is 9.95. The Kier molecular flexibility index (Phi) is 8.04. The number of hydrogen-bond acceptors (Lipinski definition) is 6. The summed E-state index contributed by atoms with van der Waals surface area (Å²) in [6.07, 6.45) is 0. The topological polar surface area (TPSA) is 77.6 Å². The van der Waals surface area contributed by atoms with Crippen LogP contribution in [0.3, 0.4) is 0 Å². The molecule has 0 radical (unpaired) electrons. The molecule has 55 heavy (non-hydrogen) atoms. The molecule has 7 aromatic carbocycles. The summed E-state index contributed by atoms with van der Waals surface area (Å²) in [6, 6.07) is 63.4. The summed E-state index contributed by atoms with van der Waals surface area (Å²) in [5.41, 5.74) is 10.7. The van der Waals surface area contributed by atoms with Gasteiger partial charge in [0, 0.05) is 44.2 Å². The van der Waals surface area contributed by atoms with E-state index >= 15 is 0 Å². The highest BCUT2D eigenvalue weighted by molar-refractivity contribution is 6.06. The minimum atomic E-state index is 0.539. The summed E-state index contributed by atoms with van der Waals surface area (Å²) in [6.45, 7) is 0. The molecule has 0 N–H and O–H groups in total. The van der Waals surface area contributed by atoms with Crippen LogP contribution < -0.4 is 0 Å². The van der Waals surface area contributed by atoms with Gasteiger partial charge in [0.25, 0.3) is 0 Å². The average Bonchev–Trinajstić information content (AvgIpc) is 3.65. The van der Waals surface area contributed by atoms with Crippen molar-refractivity contribution in [2.75, 3.05) is 0 Å². The molecule has 258 valence electrons. The van der Waals surface area contributed by atoms with Crippen LogP contribution in [0.25, 0.3) is 101 Å². The van der Waals surface area contributed by atoms with Crippen LogP contribution in [0.15, 0.2) is 192 Å². The zero-order chi connectivity index (χ0) is 36.6. The fourth-order valence-corrected chi connectivity index (χ4v) is 7.03. The number of aromatic nitrogens is 5. The van der Waals surface area contributed by atoms with Crippen molar-refractivity contribution in [1.29, 1.82) is 0 Å². The minimum absolute atomic E-state index is 0.539. The fourth-order valence-electron chi connectivity index (χ4n) is 7.03. The molecule has 0 aliphatic heterocycles. The van der Waals surface area contributed by atoms with E-state index in [1.54, 1.807) is 0 Å². The molecule has 0 aliphatic rings. The van der Waals surface area contributed by atoms with E-state index in [1.807, 2.05) is 115 Å². The van der Waals surface area contributed by atoms with Gasteiger partial charge in [0.05, 0.1) is 11.4 Å². The smallest absolute Gasteiger partial charge is 0.164 e. The van der Waals surface area contributed by atoms with Gasteiger partial charge in [-0.1, -0.05) is 158 Å². The van der Waals surface area contributed by atoms with Gasteiger partial charge in [0.15, 0.2) is 23.3 Å². The van der Waals surface area contributed by atoms with E-state index in [2.05, 4.69) is 72.8 Å². The highest BCUT2D eigenvalue weighted by Gasteiger charge is 2.20. The van der Waals surface area contributed by atoms with Crippen LogP contribution in [0, 0.1) is 0 Å². The van der Waals surface area contributed by atoms with Gasteiger partial charge in [-0.2, -0.15) is 0 Å². The number of fused-ring (bicyclic) bond motifs is 3. The first-order valence-electron chi connectivity index (χ1n) is 18.2. The van der Waals surface area contributed by atoms with Gasteiger partial charge in [-0.05, 0) is 41.5 Å². The summed E-state index contributed by atoms with van der Waals surface area (Å²) in [4.78, 5) is 25.6. The van der Waals surface area contributed by atoms with E-state index in [9.17, 15) is 0 Å².